The van der Waals surface area contributed by atoms with E-state index >= 15 is 0 Å². The van der Waals surface area contributed by atoms with Gasteiger partial charge < -0.3 is 9.80 Å². The Hall–Kier alpha value is -1.16. The largest absolute Gasteiger partial charge is 0.355 e. The van der Waals surface area contributed by atoms with Crippen molar-refractivity contribution in [1.82, 2.24) is 15.1 Å². The summed E-state index contributed by atoms with van der Waals surface area (Å²) in [6.07, 6.45) is 6.28. The topological polar surface area (TPSA) is 32.3 Å². The molecule has 0 amide bonds. The summed E-state index contributed by atoms with van der Waals surface area (Å²) in [4.78, 5) is 4.75. The Bertz CT molecular complexity index is 389. The van der Waals surface area contributed by atoms with Crippen LogP contribution in [0.3, 0.4) is 0 Å². The third kappa shape index (κ3) is 3.24. The zero-order chi connectivity index (χ0) is 13.1. The van der Waals surface area contributed by atoms with Gasteiger partial charge in [-0.1, -0.05) is 0 Å². The van der Waals surface area contributed by atoms with Crippen molar-refractivity contribution in [3.63, 3.8) is 0 Å². The number of aromatic nitrogens is 2. The molecule has 2 fully saturated rings. The van der Waals surface area contributed by atoms with Crippen LogP contribution in [-0.4, -0.2) is 48.3 Å². The predicted octanol–water partition coefficient (Wildman–Crippen LogP) is 1.96. The Kier molecular flexibility index (Phi) is 3.97. The lowest BCUT2D eigenvalue weighted by atomic mass is 9.92. The lowest BCUT2D eigenvalue weighted by molar-refractivity contribution is 0.218. The summed E-state index contributed by atoms with van der Waals surface area (Å²) in [5, 5.41) is 8.84. The van der Waals surface area contributed by atoms with Gasteiger partial charge in [-0.15, -0.1) is 5.10 Å². The fourth-order valence-electron chi connectivity index (χ4n) is 3.14. The summed E-state index contributed by atoms with van der Waals surface area (Å²) in [7, 11) is 2.21. The van der Waals surface area contributed by atoms with Crippen LogP contribution in [-0.2, 0) is 6.42 Å². The molecular formula is C15H24N4. The molecule has 19 heavy (non-hydrogen) atoms. The number of hydrogen-bond acceptors (Lipinski definition) is 4. The second-order valence-corrected chi connectivity index (χ2v) is 6.03. The Balaban J connectivity index is 1.56. The third-order valence-corrected chi connectivity index (χ3v) is 4.47. The summed E-state index contributed by atoms with van der Waals surface area (Å²) in [6.45, 7) is 4.74. The molecule has 0 radical (unpaired) electrons. The van der Waals surface area contributed by atoms with Crippen LogP contribution in [0.5, 0.6) is 0 Å². The monoisotopic (exact) mass is 260 g/mol. The van der Waals surface area contributed by atoms with Crippen LogP contribution in [0, 0.1) is 5.92 Å². The molecule has 1 aromatic rings. The lowest BCUT2D eigenvalue weighted by Crippen LogP contribution is -2.31. The minimum Gasteiger partial charge on any atom is -0.355 e. The molecule has 0 atom stereocenters. The molecule has 104 valence electrons. The van der Waals surface area contributed by atoms with Crippen LogP contribution in [0.15, 0.2) is 12.1 Å². The highest BCUT2D eigenvalue weighted by atomic mass is 15.3. The lowest BCUT2D eigenvalue weighted by Gasteiger charge is -2.28. The molecule has 0 aliphatic carbocycles. The van der Waals surface area contributed by atoms with Gasteiger partial charge in [0.2, 0.25) is 0 Å². The third-order valence-electron chi connectivity index (χ3n) is 4.47. The van der Waals surface area contributed by atoms with Gasteiger partial charge in [-0.25, -0.2) is 0 Å². The summed E-state index contributed by atoms with van der Waals surface area (Å²) in [5.74, 6) is 1.85. The van der Waals surface area contributed by atoms with E-state index in [1.807, 2.05) is 0 Å². The first kappa shape index (κ1) is 12.9. The fourth-order valence-corrected chi connectivity index (χ4v) is 3.14. The first-order valence-corrected chi connectivity index (χ1v) is 7.57. The van der Waals surface area contributed by atoms with E-state index in [4.69, 9.17) is 0 Å². The standard InChI is InChI=1S/C15H24N4/c1-18-10-6-13(7-11-18)12-14-4-5-15(17-16-14)19-8-2-3-9-19/h4-5,13H,2-3,6-12H2,1H3. The maximum Gasteiger partial charge on any atom is 0.151 e. The molecular weight excluding hydrogens is 236 g/mol. The second kappa shape index (κ2) is 5.87. The molecule has 0 N–H and O–H groups in total. The summed E-state index contributed by atoms with van der Waals surface area (Å²) < 4.78 is 0. The Morgan fingerprint density at radius 1 is 1.05 bits per heavy atom. The Morgan fingerprint density at radius 2 is 1.79 bits per heavy atom. The van der Waals surface area contributed by atoms with E-state index in [0.717, 1.165) is 36.9 Å². The molecule has 2 aliphatic heterocycles. The van der Waals surface area contributed by atoms with Gasteiger partial charge in [0.05, 0.1) is 5.69 Å². The van der Waals surface area contributed by atoms with E-state index in [1.165, 1.54) is 38.8 Å². The Morgan fingerprint density at radius 3 is 2.42 bits per heavy atom. The van der Waals surface area contributed by atoms with Gasteiger partial charge in [-0.2, -0.15) is 5.10 Å². The zero-order valence-corrected chi connectivity index (χ0v) is 11.9. The highest BCUT2D eigenvalue weighted by molar-refractivity contribution is 5.38. The average Bonchev–Trinajstić information content (AvgIpc) is 2.96. The molecule has 3 rings (SSSR count). The van der Waals surface area contributed by atoms with Crippen molar-refractivity contribution in [1.29, 1.82) is 0 Å². The molecule has 0 saturated carbocycles. The van der Waals surface area contributed by atoms with Gasteiger partial charge in [0, 0.05) is 13.1 Å². The maximum atomic E-state index is 4.43. The normalized spacial score (nSPS) is 22.1. The van der Waals surface area contributed by atoms with Crippen molar-refractivity contribution in [2.24, 2.45) is 5.92 Å². The number of anilines is 1. The van der Waals surface area contributed by atoms with Crippen LogP contribution in [0.25, 0.3) is 0 Å². The molecule has 0 unspecified atom stereocenters. The summed E-state index contributed by atoms with van der Waals surface area (Å²) in [6, 6.07) is 4.33. The number of hydrogen-bond donors (Lipinski definition) is 0. The average molecular weight is 260 g/mol. The van der Waals surface area contributed by atoms with Gasteiger partial charge in [0.15, 0.2) is 5.82 Å². The molecule has 4 nitrogen and oxygen atoms in total. The van der Waals surface area contributed by atoms with Crippen LogP contribution in [0.2, 0.25) is 0 Å². The Labute approximate surface area is 115 Å². The number of rotatable bonds is 3. The van der Waals surface area contributed by atoms with Crippen molar-refractivity contribution in [2.75, 3.05) is 38.1 Å². The highest BCUT2D eigenvalue weighted by Crippen LogP contribution is 2.21. The first-order chi connectivity index (χ1) is 9.31. The number of piperidine rings is 1. The molecule has 0 aromatic carbocycles. The van der Waals surface area contributed by atoms with Crippen molar-refractivity contribution in [3.8, 4) is 0 Å². The van der Waals surface area contributed by atoms with Crippen molar-refractivity contribution >= 4 is 5.82 Å². The molecule has 4 heteroatoms. The van der Waals surface area contributed by atoms with Crippen LogP contribution in [0.4, 0.5) is 5.82 Å². The van der Waals surface area contributed by atoms with E-state index in [1.54, 1.807) is 0 Å². The van der Waals surface area contributed by atoms with Crippen LogP contribution < -0.4 is 4.90 Å². The van der Waals surface area contributed by atoms with Crippen LogP contribution >= 0.6 is 0 Å². The van der Waals surface area contributed by atoms with Gasteiger partial charge >= 0.3 is 0 Å². The number of nitrogens with zero attached hydrogens (tertiary/aromatic N) is 4. The minimum absolute atomic E-state index is 0.795. The molecule has 0 spiro atoms. The van der Waals surface area contributed by atoms with E-state index in [9.17, 15) is 0 Å². The van der Waals surface area contributed by atoms with E-state index < -0.39 is 0 Å². The molecule has 2 saturated heterocycles. The smallest absolute Gasteiger partial charge is 0.151 e. The minimum atomic E-state index is 0.795. The highest BCUT2D eigenvalue weighted by Gasteiger charge is 2.18. The first-order valence-electron chi connectivity index (χ1n) is 7.57. The molecule has 0 bridgehead atoms. The summed E-state index contributed by atoms with van der Waals surface area (Å²) >= 11 is 0. The molecule has 1 aromatic heterocycles. The van der Waals surface area contributed by atoms with Gasteiger partial charge in [0.25, 0.3) is 0 Å². The van der Waals surface area contributed by atoms with Crippen molar-refractivity contribution in [2.45, 2.75) is 32.1 Å². The fraction of sp³-hybridized carbons (Fsp3) is 0.733. The zero-order valence-electron chi connectivity index (χ0n) is 11.9. The summed E-state index contributed by atoms with van der Waals surface area (Å²) in [5.41, 5.74) is 1.16. The van der Waals surface area contributed by atoms with Crippen molar-refractivity contribution in [3.05, 3.63) is 17.8 Å². The van der Waals surface area contributed by atoms with Gasteiger partial charge in [-0.05, 0) is 70.3 Å². The van der Waals surface area contributed by atoms with Crippen molar-refractivity contribution < 1.29 is 0 Å². The quantitative estimate of drug-likeness (QED) is 0.831. The van der Waals surface area contributed by atoms with Gasteiger partial charge in [-0.3, -0.25) is 0 Å². The molecule has 2 aliphatic rings. The van der Waals surface area contributed by atoms with Crippen LogP contribution in [0.1, 0.15) is 31.4 Å². The maximum absolute atomic E-state index is 4.43. The number of likely N-dealkylation sites (tertiary alicyclic amines) is 1. The van der Waals surface area contributed by atoms with E-state index in [-0.39, 0.29) is 0 Å². The van der Waals surface area contributed by atoms with Gasteiger partial charge in [0.1, 0.15) is 0 Å². The second-order valence-electron chi connectivity index (χ2n) is 6.03. The SMILES string of the molecule is CN1CCC(Cc2ccc(N3CCCC3)nn2)CC1. The predicted molar refractivity (Wildman–Crippen MR) is 77.4 cm³/mol. The van der Waals surface area contributed by atoms with E-state index in [2.05, 4.69) is 39.2 Å². The molecule has 3 heterocycles. The van der Waals surface area contributed by atoms with E-state index in [0.29, 0.717) is 0 Å².